The molecule has 0 aliphatic carbocycles. The zero-order valence-electron chi connectivity index (χ0n) is 8.15. The van der Waals surface area contributed by atoms with E-state index in [2.05, 4.69) is 4.98 Å². The molecule has 2 rings (SSSR count). The molecule has 0 amide bonds. The van der Waals surface area contributed by atoms with E-state index in [-0.39, 0.29) is 12.7 Å². The number of pyridine rings is 1. The number of rotatable bonds is 3. The molecular formula is C10H12ClNO3. The molecule has 1 saturated heterocycles. The van der Waals surface area contributed by atoms with E-state index in [9.17, 15) is 0 Å². The lowest BCUT2D eigenvalue weighted by atomic mass is 10.3. The van der Waals surface area contributed by atoms with Gasteiger partial charge < -0.3 is 14.6 Å². The highest BCUT2D eigenvalue weighted by Gasteiger charge is 2.19. The quantitative estimate of drug-likeness (QED) is 0.851. The van der Waals surface area contributed by atoms with Crippen LogP contribution in [0.25, 0.3) is 0 Å². The van der Waals surface area contributed by atoms with E-state index in [1.807, 2.05) is 0 Å². The van der Waals surface area contributed by atoms with Gasteiger partial charge in [0.25, 0.3) is 0 Å². The van der Waals surface area contributed by atoms with Crippen molar-refractivity contribution in [1.29, 1.82) is 0 Å². The molecule has 4 nitrogen and oxygen atoms in total. The predicted octanol–water partition coefficient (Wildman–Crippen LogP) is 1.40. The molecule has 1 aliphatic heterocycles. The Labute approximate surface area is 92.8 Å². The minimum atomic E-state index is -0.0699. The minimum Gasteiger partial charge on any atom is -0.471 e. The SMILES string of the molecule is OCc1cnc(OC2CCOC2)c(Cl)c1. The number of hydrogen-bond donors (Lipinski definition) is 1. The van der Waals surface area contributed by atoms with Crippen LogP contribution in [-0.2, 0) is 11.3 Å². The van der Waals surface area contributed by atoms with E-state index in [1.54, 1.807) is 12.3 Å². The van der Waals surface area contributed by atoms with Crippen LogP contribution in [0.3, 0.4) is 0 Å². The normalized spacial score (nSPS) is 20.5. The summed E-state index contributed by atoms with van der Waals surface area (Å²) < 4.78 is 10.7. The molecular weight excluding hydrogens is 218 g/mol. The zero-order valence-corrected chi connectivity index (χ0v) is 8.91. The first kappa shape index (κ1) is 10.7. The smallest absolute Gasteiger partial charge is 0.232 e. The van der Waals surface area contributed by atoms with Crippen LogP contribution in [0.1, 0.15) is 12.0 Å². The minimum absolute atomic E-state index is 0.0370. The highest BCUT2D eigenvalue weighted by Crippen LogP contribution is 2.24. The van der Waals surface area contributed by atoms with E-state index < -0.39 is 0 Å². The Morgan fingerprint density at radius 1 is 1.67 bits per heavy atom. The summed E-state index contributed by atoms with van der Waals surface area (Å²) in [6.07, 6.45) is 2.45. The van der Waals surface area contributed by atoms with Crippen LogP contribution in [-0.4, -0.2) is 29.4 Å². The second kappa shape index (κ2) is 4.79. The number of aliphatic hydroxyl groups excluding tert-OH is 1. The van der Waals surface area contributed by atoms with Crippen molar-refractivity contribution in [2.45, 2.75) is 19.1 Å². The van der Waals surface area contributed by atoms with Crippen LogP contribution < -0.4 is 4.74 Å². The fourth-order valence-corrected chi connectivity index (χ4v) is 1.64. The standard InChI is InChI=1S/C10H12ClNO3/c11-9-3-7(5-13)4-12-10(9)15-8-1-2-14-6-8/h3-4,8,13H,1-2,5-6H2. The van der Waals surface area contributed by atoms with E-state index in [0.29, 0.717) is 23.1 Å². The Morgan fingerprint density at radius 3 is 3.13 bits per heavy atom. The molecule has 5 heteroatoms. The van der Waals surface area contributed by atoms with Crippen LogP contribution in [0.2, 0.25) is 5.02 Å². The van der Waals surface area contributed by atoms with E-state index in [4.69, 9.17) is 26.2 Å². The Bertz CT molecular complexity index is 339. The third-order valence-electron chi connectivity index (χ3n) is 2.21. The third kappa shape index (κ3) is 2.59. The number of halogens is 1. The molecule has 15 heavy (non-hydrogen) atoms. The highest BCUT2D eigenvalue weighted by atomic mass is 35.5. The van der Waals surface area contributed by atoms with Gasteiger partial charge in [-0.25, -0.2) is 4.98 Å². The van der Waals surface area contributed by atoms with Crippen molar-refractivity contribution in [1.82, 2.24) is 4.98 Å². The van der Waals surface area contributed by atoms with E-state index in [0.717, 1.165) is 13.0 Å². The van der Waals surface area contributed by atoms with Crippen LogP contribution >= 0.6 is 11.6 Å². The zero-order chi connectivity index (χ0) is 10.7. The average Bonchev–Trinajstić information content (AvgIpc) is 2.74. The van der Waals surface area contributed by atoms with E-state index >= 15 is 0 Å². The summed E-state index contributed by atoms with van der Waals surface area (Å²) in [5, 5.41) is 9.30. The summed E-state index contributed by atoms with van der Waals surface area (Å²) >= 11 is 5.95. The highest BCUT2D eigenvalue weighted by molar-refractivity contribution is 6.31. The molecule has 1 N–H and O–H groups in total. The molecule has 1 aliphatic rings. The Kier molecular flexibility index (Phi) is 3.41. The van der Waals surface area contributed by atoms with Crippen molar-refractivity contribution < 1.29 is 14.6 Å². The Balaban J connectivity index is 2.07. The summed E-state index contributed by atoms with van der Waals surface area (Å²) in [7, 11) is 0. The maximum absolute atomic E-state index is 8.88. The van der Waals surface area contributed by atoms with Gasteiger partial charge in [0.05, 0.1) is 19.8 Å². The number of ether oxygens (including phenoxy) is 2. The van der Waals surface area contributed by atoms with Crippen LogP contribution in [0.15, 0.2) is 12.3 Å². The van der Waals surface area contributed by atoms with E-state index in [1.165, 1.54) is 0 Å². The van der Waals surface area contributed by atoms with Crippen LogP contribution in [0.5, 0.6) is 5.88 Å². The summed E-state index contributed by atoms with van der Waals surface area (Å²) in [5.41, 5.74) is 0.676. The first-order chi connectivity index (χ1) is 7.29. The topological polar surface area (TPSA) is 51.6 Å². The fourth-order valence-electron chi connectivity index (χ4n) is 1.40. The summed E-state index contributed by atoms with van der Waals surface area (Å²) in [5.74, 6) is 0.407. The number of nitrogens with zero attached hydrogens (tertiary/aromatic N) is 1. The molecule has 82 valence electrons. The maximum Gasteiger partial charge on any atom is 0.232 e. The van der Waals surface area contributed by atoms with Gasteiger partial charge in [0.2, 0.25) is 5.88 Å². The molecule has 0 spiro atoms. The van der Waals surface area contributed by atoms with Crippen molar-refractivity contribution >= 4 is 11.6 Å². The lowest BCUT2D eigenvalue weighted by Crippen LogP contribution is -2.16. The number of aliphatic hydroxyl groups is 1. The van der Waals surface area contributed by atoms with Gasteiger partial charge in [0.1, 0.15) is 11.1 Å². The molecule has 1 unspecified atom stereocenters. The molecule has 0 radical (unpaired) electrons. The van der Waals surface area contributed by atoms with Gasteiger partial charge in [-0.1, -0.05) is 11.6 Å². The summed E-state index contributed by atoms with van der Waals surface area (Å²) in [4.78, 5) is 4.04. The fraction of sp³-hybridized carbons (Fsp3) is 0.500. The van der Waals surface area contributed by atoms with Crippen molar-refractivity contribution in [3.05, 3.63) is 22.8 Å². The van der Waals surface area contributed by atoms with Gasteiger partial charge in [-0.2, -0.15) is 0 Å². The van der Waals surface area contributed by atoms with Crippen molar-refractivity contribution in [3.63, 3.8) is 0 Å². The van der Waals surface area contributed by atoms with Crippen LogP contribution in [0, 0.1) is 0 Å². The van der Waals surface area contributed by atoms with Crippen LogP contribution in [0.4, 0.5) is 0 Å². The molecule has 1 aromatic rings. The molecule has 1 aromatic heterocycles. The van der Waals surface area contributed by atoms with Gasteiger partial charge in [0, 0.05) is 12.6 Å². The number of hydrogen-bond acceptors (Lipinski definition) is 4. The van der Waals surface area contributed by atoms with Gasteiger partial charge in [-0.15, -0.1) is 0 Å². The van der Waals surface area contributed by atoms with Gasteiger partial charge in [-0.3, -0.25) is 0 Å². The first-order valence-corrected chi connectivity index (χ1v) is 5.17. The molecule has 0 saturated carbocycles. The Hall–Kier alpha value is -0.840. The third-order valence-corrected chi connectivity index (χ3v) is 2.48. The van der Waals surface area contributed by atoms with Crippen molar-refractivity contribution in [2.75, 3.05) is 13.2 Å². The van der Waals surface area contributed by atoms with Crippen molar-refractivity contribution in [2.24, 2.45) is 0 Å². The second-order valence-electron chi connectivity index (χ2n) is 3.39. The maximum atomic E-state index is 8.88. The van der Waals surface area contributed by atoms with Crippen molar-refractivity contribution in [3.8, 4) is 5.88 Å². The summed E-state index contributed by atoms with van der Waals surface area (Å²) in [6.45, 7) is 1.23. The number of aromatic nitrogens is 1. The molecule has 1 atom stereocenters. The van der Waals surface area contributed by atoms with Gasteiger partial charge in [0.15, 0.2) is 0 Å². The lowest BCUT2D eigenvalue weighted by molar-refractivity contribution is 0.138. The average molecular weight is 230 g/mol. The second-order valence-corrected chi connectivity index (χ2v) is 3.80. The van der Waals surface area contributed by atoms with Gasteiger partial charge in [-0.05, 0) is 11.6 Å². The van der Waals surface area contributed by atoms with Gasteiger partial charge >= 0.3 is 0 Å². The lowest BCUT2D eigenvalue weighted by Gasteiger charge is -2.12. The largest absolute Gasteiger partial charge is 0.471 e. The monoisotopic (exact) mass is 229 g/mol. The molecule has 0 bridgehead atoms. The predicted molar refractivity (Wildman–Crippen MR) is 55.0 cm³/mol. The molecule has 0 aromatic carbocycles. The first-order valence-electron chi connectivity index (χ1n) is 4.79. The Morgan fingerprint density at radius 2 is 2.53 bits per heavy atom. The molecule has 2 heterocycles. The molecule has 1 fully saturated rings. The summed E-state index contributed by atoms with van der Waals surface area (Å²) in [6, 6.07) is 1.65.